The summed E-state index contributed by atoms with van der Waals surface area (Å²) in [6, 6.07) is 19.0. The fourth-order valence-corrected chi connectivity index (χ4v) is 6.55. The fourth-order valence-electron chi connectivity index (χ4n) is 5.60. The van der Waals surface area contributed by atoms with Crippen LogP contribution in [0, 0.1) is 10.1 Å². The highest BCUT2D eigenvalue weighted by Gasteiger charge is 2.48. The zero-order valence-electron chi connectivity index (χ0n) is 23.4. The van der Waals surface area contributed by atoms with Crippen molar-refractivity contribution in [1.29, 1.82) is 0 Å². The molecule has 0 fully saturated rings. The second-order valence-electron chi connectivity index (χ2n) is 10.1. The third kappa shape index (κ3) is 5.72. The van der Waals surface area contributed by atoms with E-state index in [1.54, 1.807) is 6.07 Å². The zero-order valence-corrected chi connectivity index (χ0v) is 24.2. The molecule has 0 radical (unpaired) electrons. The van der Waals surface area contributed by atoms with Crippen molar-refractivity contribution >= 4 is 34.9 Å². The molecular weight excluding hydrogens is 524 g/mol. The minimum absolute atomic E-state index is 0.0610. The minimum atomic E-state index is -0.608. The molecule has 0 aromatic heterocycles. The molecule has 0 N–H and O–H groups in total. The lowest BCUT2D eigenvalue weighted by atomic mass is 9.70. The van der Waals surface area contributed by atoms with E-state index in [2.05, 4.69) is 19.0 Å². The van der Waals surface area contributed by atoms with Crippen molar-refractivity contribution in [2.45, 2.75) is 81.4 Å². The van der Waals surface area contributed by atoms with E-state index in [0.29, 0.717) is 10.5 Å². The monoisotopic (exact) mass is 558 g/mol. The zero-order chi connectivity index (χ0) is 28.9. The minimum Gasteiger partial charge on any atom is -0.318 e. The number of rotatable bonds is 12. The third-order valence-corrected chi connectivity index (χ3v) is 8.47. The molecule has 0 saturated carbocycles. The highest BCUT2D eigenvalue weighted by Crippen LogP contribution is 2.59. The van der Waals surface area contributed by atoms with E-state index in [4.69, 9.17) is 4.84 Å². The van der Waals surface area contributed by atoms with Gasteiger partial charge in [0, 0.05) is 28.4 Å². The lowest BCUT2D eigenvalue weighted by Gasteiger charge is -2.32. The Morgan fingerprint density at radius 2 is 1.60 bits per heavy atom. The molecule has 3 aromatic rings. The summed E-state index contributed by atoms with van der Waals surface area (Å²) in [5.74, 6) is -0.958. The number of nitrogens with zero attached hydrogens (tertiary/aromatic N) is 2. The number of carbonyl (C=O) groups excluding carboxylic acids is 2. The number of oxime groups is 1. The van der Waals surface area contributed by atoms with Crippen molar-refractivity contribution in [3.05, 3.63) is 87.5 Å². The summed E-state index contributed by atoms with van der Waals surface area (Å²) in [4.78, 5) is 43.3. The summed E-state index contributed by atoms with van der Waals surface area (Å²) in [7, 11) is 0. The highest BCUT2D eigenvalue weighted by molar-refractivity contribution is 7.99. The Labute approximate surface area is 239 Å². The van der Waals surface area contributed by atoms with Crippen LogP contribution >= 0.6 is 11.8 Å². The number of nitro groups is 1. The first kappa shape index (κ1) is 29.2. The van der Waals surface area contributed by atoms with Gasteiger partial charge in [-0.05, 0) is 60.7 Å². The van der Waals surface area contributed by atoms with Crippen LogP contribution < -0.4 is 0 Å². The molecule has 40 heavy (non-hydrogen) atoms. The Morgan fingerprint density at radius 1 is 0.950 bits per heavy atom. The van der Waals surface area contributed by atoms with E-state index in [9.17, 15) is 19.7 Å². The standard InChI is InChI=1S/C32H34N2O5S/c1-5-7-18-32(19-8-6-2)27-20-23(31(36)21(3)33-39-22(4)35)14-15-25(27)26-16-17-28(30(29(26)32)34(37)38)40-24-12-10-9-11-13-24/h9-17,20H,5-8,18-19H2,1-4H3. The molecule has 0 unspecified atom stereocenters. The van der Waals surface area contributed by atoms with Crippen LogP contribution in [0.4, 0.5) is 5.69 Å². The first-order chi connectivity index (χ1) is 19.2. The summed E-state index contributed by atoms with van der Waals surface area (Å²) in [6.45, 7) is 6.97. The molecule has 0 aliphatic heterocycles. The highest BCUT2D eigenvalue weighted by atomic mass is 32.2. The van der Waals surface area contributed by atoms with Crippen LogP contribution in [-0.4, -0.2) is 22.4 Å². The van der Waals surface area contributed by atoms with Gasteiger partial charge in [0.15, 0.2) is 0 Å². The molecule has 8 heteroatoms. The predicted octanol–water partition coefficient (Wildman–Crippen LogP) is 8.51. The molecule has 208 valence electrons. The number of unbranched alkanes of at least 4 members (excludes halogenated alkanes) is 2. The maximum absolute atomic E-state index is 13.3. The molecule has 1 aliphatic carbocycles. The largest absolute Gasteiger partial charge is 0.331 e. The van der Waals surface area contributed by atoms with Gasteiger partial charge in [-0.3, -0.25) is 14.9 Å². The Kier molecular flexibility index (Phi) is 9.20. The van der Waals surface area contributed by atoms with Crippen molar-refractivity contribution in [2.24, 2.45) is 5.16 Å². The number of carbonyl (C=O) groups is 2. The van der Waals surface area contributed by atoms with Crippen molar-refractivity contribution in [1.82, 2.24) is 0 Å². The number of hydrogen-bond acceptors (Lipinski definition) is 7. The first-order valence-electron chi connectivity index (χ1n) is 13.7. The molecule has 0 amide bonds. The fraction of sp³-hybridized carbons (Fsp3) is 0.344. The van der Waals surface area contributed by atoms with E-state index < -0.39 is 11.4 Å². The van der Waals surface area contributed by atoms with Gasteiger partial charge in [0.2, 0.25) is 5.78 Å². The molecule has 0 spiro atoms. The van der Waals surface area contributed by atoms with Crippen molar-refractivity contribution < 1.29 is 19.3 Å². The molecule has 4 rings (SSSR count). The van der Waals surface area contributed by atoms with Crippen LogP contribution in [0.25, 0.3) is 11.1 Å². The van der Waals surface area contributed by atoms with Crippen LogP contribution in [0.3, 0.4) is 0 Å². The number of benzene rings is 3. The number of ketones is 1. The summed E-state index contributed by atoms with van der Waals surface area (Å²) >= 11 is 1.40. The summed E-state index contributed by atoms with van der Waals surface area (Å²) < 4.78 is 0. The number of Topliss-reactive ketones (excluding diaryl/α,β-unsaturated/α-hetero) is 1. The third-order valence-electron chi connectivity index (χ3n) is 7.41. The lowest BCUT2D eigenvalue weighted by molar-refractivity contribution is -0.388. The van der Waals surface area contributed by atoms with Gasteiger partial charge in [0.1, 0.15) is 5.71 Å². The van der Waals surface area contributed by atoms with Gasteiger partial charge in [-0.2, -0.15) is 0 Å². The van der Waals surface area contributed by atoms with Gasteiger partial charge >= 0.3 is 5.97 Å². The van der Waals surface area contributed by atoms with Crippen LogP contribution in [0.1, 0.15) is 87.7 Å². The molecule has 0 heterocycles. The summed E-state index contributed by atoms with van der Waals surface area (Å²) in [5, 5.41) is 16.5. The quantitative estimate of drug-likeness (QED) is 0.0726. The van der Waals surface area contributed by atoms with Gasteiger partial charge in [0.05, 0.1) is 9.82 Å². The van der Waals surface area contributed by atoms with E-state index in [1.165, 1.54) is 25.6 Å². The van der Waals surface area contributed by atoms with Gasteiger partial charge in [-0.1, -0.05) is 92.8 Å². The number of hydrogen-bond donors (Lipinski definition) is 0. The van der Waals surface area contributed by atoms with Crippen molar-refractivity contribution in [3.8, 4) is 11.1 Å². The lowest BCUT2D eigenvalue weighted by Crippen LogP contribution is -2.27. The number of nitro benzene ring substituents is 1. The molecule has 1 aliphatic rings. The predicted molar refractivity (Wildman–Crippen MR) is 158 cm³/mol. The molecule has 3 aromatic carbocycles. The summed E-state index contributed by atoms with van der Waals surface area (Å²) in [6.07, 6.45) is 5.14. The average Bonchev–Trinajstić information content (AvgIpc) is 3.22. The van der Waals surface area contributed by atoms with Crippen LogP contribution in [0.5, 0.6) is 0 Å². The number of fused-ring (bicyclic) bond motifs is 3. The topological polar surface area (TPSA) is 98.9 Å². The maximum Gasteiger partial charge on any atom is 0.331 e. The molecular formula is C32H34N2O5S. The Balaban J connectivity index is 1.94. The van der Waals surface area contributed by atoms with Gasteiger partial charge in [-0.15, -0.1) is 0 Å². The smallest absolute Gasteiger partial charge is 0.318 e. The van der Waals surface area contributed by atoms with E-state index in [-0.39, 0.29) is 22.1 Å². The van der Waals surface area contributed by atoms with Crippen LogP contribution in [0.2, 0.25) is 0 Å². The summed E-state index contributed by atoms with van der Waals surface area (Å²) in [5.41, 5.74) is 3.50. The Morgan fingerprint density at radius 3 is 2.20 bits per heavy atom. The van der Waals surface area contributed by atoms with Crippen LogP contribution in [0.15, 0.2) is 75.6 Å². The Bertz CT molecular complexity index is 1460. The second kappa shape index (κ2) is 12.6. The molecule has 0 atom stereocenters. The van der Waals surface area contributed by atoms with Gasteiger partial charge < -0.3 is 4.84 Å². The van der Waals surface area contributed by atoms with E-state index >= 15 is 0 Å². The van der Waals surface area contributed by atoms with Crippen molar-refractivity contribution in [3.63, 3.8) is 0 Å². The SMILES string of the molecule is CCCCC1(CCCC)c2cc(C(=O)C(C)=NOC(C)=O)ccc2-c2ccc(Sc3ccccc3)c([N+](=O)[O-])c21. The van der Waals surface area contributed by atoms with Gasteiger partial charge in [0.25, 0.3) is 5.69 Å². The normalized spacial score (nSPS) is 13.4. The molecule has 0 saturated heterocycles. The average molecular weight is 559 g/mol. The first-order valence-corrected chi connectivity index (χ1v) is 14.5. The van der Waals surface area contributed by atoms with E-state index in [0.717, 1.165) is 65.7 Å². The second-order valence-corrected chi connectivity index (χ2v) is 11.3. The van der Waals surface area contributed by atoms with Crippen molar-refractivity contribution in [2.75, 3.05) is 0 Å². The van der Waals surface area contributed by atoms with E-state index in [1.807, 2.05) is 54.6 Å². The van der Waals surface area contributed by atoms with Gasteiger partial charge in [-0.25, -0.2) is 4.79 Å². The van der Waals surface area contributed by atoms with Crippen LogP contribution in [-0.2, 0) is 15.0 Å². The molecule has 7 nitrogen and oxygen atoms in total. The Hall–Kier alpha value is -3.78. The maximum atomic E-state index is 13.3. The molecule has 0 bridgehead atoms.